The first-order chi connectivity index (χ1) is 6.33. The van der Waals surface area contributed by atoms with Gasteiger partial charge in [0.1, 0.15) is 4.60 Å². The second-order valence-corrected chi connectivity index (χ2v) is 3.37. The lowest BCUT2D eigenvalue weighted by molar-refractivity contribution is 0.896. The lowest BCUT2D eigenvalue weighted by Crippen LogP contribution is -2.00. The summed E-state index contributed by atoms with van der Waals surface area (Å²) in [6.45, 7) is 0.816. The topological polar surface area (TPSA) is 48.7 Å². The molecule has 0 unspecified atom stereocenters. The van der Waals surface area contributed by atoms with E-state index in [9.17, 15) is 0 Å². The number of hydrogen-bond donors (Lipinski definition) is 1. The summed E-state index contributed by atoms with van der Waals surface area (Å²) < 4.78 is 0.829. The van der Waals surface area contributed by atoms with E-state index in [0.717, 1.165) is 23.3 Å². The van der Waals surface area contributed by atoms with Gasteiger partial charge >= 0.3 is 0 Å². The van der Waals surface area contributed by atoms with Crippen LogP contribution in [0, 0.1) is 11.3 Å². The maximum atomic E-state index is 8.30. The molecule has 0 radical (unpaired) electrons. The summed E-state index contributed by atoms with van der Waals surface area (Å²) in [6.07, 6.45) is 3.22. The molecule has 0 saturated carbocycles. The number of nitrogens with one attached hydrogen (secondary N) is 1. The normalized spacial score (nSPS) is 9.23. The fourth-order valence-corrected chi connectivity index (χ4v) is 1.12. The van der Waals surface area contributed by atoms with Crippen molar-refractivity contribution >= 4 is 21.6 Å². The van der Waals surface area contributed by atoms with Crippen molar-refractivity contribution < 1.29 is 0 Å². The third-order valence-electron chi connectivity index (χ3n) is 1.52. The molecule has 1 aromatic rings. The quantitative estimate of drug-likeness (QED) is 0.649. The highest BCUT2D eigenvalue weighted by molar-refractivity contribution is 9.10. The number of nitriles is 1. The van der Waals surface area contributed by atoms with Gasteiger partial charge in [0, 0.05) is 13.0 Å². The van der Waals surface area contributed by atoms with Crippen LogP contribution >= 0.6 is 15.9 Å². The average molecular weight is 240 g/mol. The van der Waals surface area contributed by atoms with Gasteiger partial charge in [-0.2, -0.15) is 5.26 Å². The molecule has 0 saturated heterocycles. The van der Waals surface area contributed by atoms with E-state index in [2.05, 4.69) is 32.3 Å². The van der Waals surface area contributed by atoms with Crippen molar-refractivity contribution in [1.82, 2.24) is 4.98 Å². The van der Waals surface area contributed by atoms with Crippen molar-refractivity contribution in [3.8, 4) is 6.07 Å². The standard InChI is InChI=1S/C9H10BrN3/c10-9-4-3-8(7-13-9)12-6-2-1-5-11/h3-4,7,12H,1-2,6H2. The third-order valence-corrected chi connectivity index (χ3v) is 1.99. The summed E-state index contributed by atoms with van der Waals surface area (Å²) in [5.74, 6) is 0. The monoisotopic (exact) mass is 239 g/mol. The number of rotatable bonds is 4. The van der Waals surface area contributed by atoms with Gasteiger partial charge in [-0.15, -0.1) is 0 Å². The van der Waals surface area contributed by atoms with Gasteiger partial charge in [-0.05, 0) is 34.5 Å². The minimum absolute atomic E-state index is 0.594. The molecule has 0 aromatic carbocycles. The van der Waals surface area contributed by atoms with Crippen LogP contribution in [0.5, 0.6) is 0 Å². The van der Waals surface area contributed by atoms with Gasteiger partial charge < -0.3 is 5.32 Å². The molecule has 0 fully saturated rings. The minimum Gasteiger partial charge on any atom is -0.384 e. The van der Waals surface area contributed by atoms with Gasteiger partial charge in [-0.3, -0.25) is 0 Å². The molecule has 1 rings (SSSR count). The molecule has 0 aliphatic carbocycles. The molecule has 68 valence electrons. The van der Waals surface area contributed by atoms with Crippen LogP contribution in [0.3, 0.4) is 0 Å². The Morgan fingerprint density at radius 2 is 2.38 bits per heavy atom. The predicted molar refractivity (Wildman–Crippen MR) is 55.3 cm³/mol. The Morgan fingerprint density at radius 1 is 1.54 bits per heavy atom. The molecule has 0 bridgehead atoms. The fraction of sp³-hybridized carbons (Fsp3) is 0.333. The van der Waals surface area contributed by atoms with E-state index < -0.39 is 0 Å². The largest absolute Gasteiger partial charge is 0.384 e. The van der Waals surface area contributed by atoms with Gasteiger partial charge in [0.25, 0.3) is 0 Å². The molecule has 0 aliphatic rings. The van der Waals surface area contributed by atoms with E-state index in [1.165, 1.54) is 0 Å². The van der Waals surface area contributed by atoms with Gasteiger partial charge in [0.15, 0.2) is 0 Å². The van der Waals surface area contributed by atoms with Crippen LogP contribution < -0.4 is 5.32 Å². The molecular formula is C9H10BrN3. The number of anilines is 1. The van der Waals surface area contributed by atoms with Gasteiger partial charge in [-0.1, -0.05) is 0 Å². The minimum atomic E-state index is 0.594. The van der Waals surface area contributed by atoms with Crippen LogP contribution in [0.25, 0.3) is 0 Å². The number of nitrogens with zero attached hydrogens (tertiary/aromatic N) is 2. The third kappa shape index (κ3) is 3.90. The van der Waals surface area contributed by atoms with Crippen LogP contribution in [-0.4, -0.2) is 11.5 Å². The number of aromatic nitrogens is 1. The molecule has 4 heteroatoms. The van der Waals surface area contributed by atoms with E-state index >= 15 is 0 Å². The maximum Gasteiger partial charge on any atom is 0.106 e. The summed E-state index contributed by atoms with van der Waals surface area (Å²) >= 11 is 3.26. The molecule has 0 amide bonds. The van der Waals surface area contributed by atoms with Crippen LogP contribution in [0.4, 0.5) is 5.69 Å². The Hall–Kier alpha value is -1.08. The zero-order valence-electron chi connectivity index (χ0n) is 7.13. The molecule has 1 heterocycles. The average Bonchev–Trinajstić information content (AvgIpc) is 2.15. The van der Waals surface area contributed by atoms with Crippen molar-refractivity contribution in [3.63, 3.8) is 0 Å². The Labute approximate surface area is 85.9 Å². The highest BCUT2D eigenvalue weighted by Crippen LogP contribution is 2.10. The van der Waals surface area contributed by atoms with E-state index in [1.807, 2.05) is 12.1 Å². The summed E-state index contributed by atoms with van der Waals surface area (Å²) in [6, 6.07) is 5.93. The molecular weight excluding hydrogens is 230 g/mol. The molecule has 13 heavy (non-hydrogen) atoms. The SMILES string of the molecule is N#CCCCNc1ccc(Br)nc1. The fourth-order valence-electron chi connectivity index (χ4n) is 0.881. The van der Waals surface area contributed by atoms with E-state index in [0.29, 0.717) is 6.42 Å². The predicted octanol–water partition coefficient (Wildman–Crippen LogP) is 2.56. The van der Waals surface area contributed by atoms with Crippen molar-refractivity contribution in [2.24, 2.45) is 0 Å². The van der Waals surface area contributed by atoms with Gasteiger partial charge in [0.2, 0.25) is 0 Å². The molecule has 1 aromatic heterocycles. The van der Waals surface area contributed by atoms with Crippen molar-refractivity contribution in [3.05, 3.63) is 22.9 Å². The zero-order valence-corrected chi connectivity index (χ0v) is 8.71. The first-order valence-corrected chi connectivity index (χ1v) is 4.84. The van der Waals surface area contributed by atoms with Gasteiger partial charge in [0.05, 0.1) is 18.0 Å². The maximum absolute atomic E-state index is 8.30. The van der Waals surface area contributed by atoms with Crippen molar-refractivity contribution in [1.29, 1.82) is 5.26 Å². The summed E-state index contributed by atoms with van der Waals surface area (Å²) in [4.78, 5) is 4.07. The summed E-state index contributed by atoms with van der Waals surface area (Å²) in [7, 11) is 0. The van der Waals surface area contributed by atoms with Crippen LogP contribution in [0.2, 0.25) is 0 Å². The van der Waals surface area contributed by atoms with E-state index in [-0.39, 0.29) is 0 Å². The first kappa shape index (κ1) is 10.0. The Bertz CT molecular complexity index is 289. The molecule has 0 aliphatic heterocycles. The molecule has 3 nitrogen and oxygen atoms in total. The second kappa shape index (κ2) is 5.55. The van der Waals surface area contributed by atoms with Crippen molar-refractivity contribution in [2.75, 3.05) is 11.9 Å². The lowest BCUT2D eigenvalue weighted by atomic mass is 10.3. The molecule has 0 spiro atoms. The summed E-state index contributed by atoms with van der Waals surface area (Å²) in [5, 5.41) is 11.5. The van der Waals surface area contributed by atoms with Crippen LogP contribution in [0.1, 0.15) is 12.8 Å². The van der Waals surface area contributed by atoms with E-state index in [4.69, 9.17) is 5.26 Å². The summed E-state index contributed by atoms with van der Waals surface area (Å²) in [5.41, 5.74) is 0.987. The second-order valence-electron chi connectivity index (χ2n) is 2.56. The zero-order chi connectivity index (χ0) is 9.52. The first-order valence-electron chi connectivity index (χ1n) is 4.05. The Balaban J connectivity index is 2.30. The van der Waals surface area contributed by atoms with Crippen molar-refractivity contribution in [2.45, 2.75) is 12.8 Å². The number of hydrogen-bond acceptors (Lipinski definition) is 3. The number of pyridine rings is 1. The lowest BCUT2D eigenvalue weighted by Gasteiger charge is -2.03. The number of unbranched alkanes of at least 4 members (excludes halogenated alkanes) is 1. The van der Waals surface area contributed by atoms with Crippen LogP contribution in [-0.2, 0) is 0 Å². The highest BCUT2D eigenvalue weighted by Gasteiger charge is 1.91. The molecule has 1 N–H and O–H groups in total. The molecule has 0 atom stereocenters. The Morgan fingerprint density at radius 3 is 3.00 bits per heavy atom. The highest BCUT2D eigenvalue weighted by atomic mass is 79.9. The van der Waals surface area contributed by atoms with E-state index in [1.54, 1.807) is 6.20 Å². The Kier molecular flexibility index (Phi) is 4.27. The van der Waals surface area contributed by atoms with Gasteiger partial charge in [-0.25, -0.2) is 4.98 Å². The smallest absolute Gasteiger partial charge is 0.106 e. The van der Waals surface area contributed by atoms with Crippen LogP contribution in [0.15, 0.2) is 22.9 Å². The number of halogens is 1.